The van der Waals surface area contributed by atoms with E-state index in [1.54, 1.807) is 31.6 Å². The maximum atomic E-state index is 12.3. The van der Waals surface area contributed by atoms with Gasteiger partial charge in [0.1, 0.15) is 0 Å². The lowest BCUT2D eigenvalue weighted by atomic mass is 10.1. The fourth-order valence-electron chi connectivity index (χ4n) is 2.95. The number of nitrogens with two attached hydrogens (primary N) is 1. The van der Waals surface area contributed by atoms with Gasteiger partial charge in [0, 0.05) is 47.8 Å². The number of hydrogen-bond donors (Lipinski definition) is 3. The van der Waals surface area contributed by atoms with Crippen LogP contribution in [0.3, 0.4) is 0 Å². The highest BCUT2D eigenvalue weighted by atomic mass is 32.1. The summed E-state index contributed by atoms with van der Waals surface area (Å²) in [4.78, 5) is 33.0. The zero-order valence-corrected chi connectivity index (χ0v) is 19.9. The Labute approximate surface area is 197 Å². The van der Waals surface area contributed by atoms with E-state index in [-0.39, 0.29) is 23.9 Å². The number of thiazole rings is 1. The van der Waals surface area contributed by atoms with Crippen molar-refractivity contribution < 1.29 is 9.59 Å². The molecular formula is C24H28N6O2S. The highest BCUT2D eigenvalue weighted by Gasteiger charge is 2.16. The maximum Gasteiger partial charge on any atom is 0.253 e. The van der Waals surface area contributed by atoms with Crippen molar-refractivity contribution in [2.75, 3.05) is 18.9 Å². The number of benzene rings is 1. The summed E-state index contributed by atoms with van der Waals surface area (Å²) in [5.74, 6) is -0.650. The van der Waals surface area contributed by atoms with Crippen molar-refractivity contribution in [1.29, 1.82) is 0 Å². The third kappa shape index (κ3) is 6.39. The standard InChI is InChI=1S/C24H28N6O2S/c1-24(2,3)30-11-9-18(14-30)22(32)27-13-21(31)29-23-28-20(15-33-23)17-7-5-6-16(12-17)19(25)8-10-26-4/h5-12,14-15H,13,25H2,1-4H3,(H,27,32)(H,28,29,31)/b19-8-,26-10?. The summed E-state index contributed by atoms with van der Waals surface area (Å²) >= 11 is 1.31. The number of allylic oxidation sites excluding steroid dienone is 1. The second kappa shape index (κ2) is 10.3. The summed E-state index contributed by atoms with van der Waals surface area (Å²) in [5.41, 5.74) is 9.52. The Morgan fingerprint density at radius 2 is 2.03 bits per heavy atom. The Kier molecular flexibility index (Phi) is 7.44. The molecule has 2 aromatic heterocycles. The molecule has 0 saturated heterocycles. The smallest absolute Gasteiger partial charge is 0.253 e. The number of nitrogens with zero attached hydrogens (tertiary/aromatic N) is 3. The molecule has 0 aliphatic carbocycles. The second-order valence-electron chi connectivity index (χ2n) is 8.36. The first-order valence-electron chi connectivity index (χ1n) is 10.4. The molecule has 0 aliphatic rings. The third-order valence-electron chi connectivity index (χ3n) is 4.78. The SMILES string of the molecule is CN=C/C=C(\N)c1cccc(-c2csc(NC(=O)CNC(=O)c3ccn(C(C)(C)C)c3)n2)c1. The van der Waals surface area contributed by atoms with E-state index in [1.807, 2.05) is 61.2 Å². The number of carbonyl (C=O) groups is 2. The summed E-state index contributed by atoms with van der Waals surface area (Å²) < 4.78 is 1.95. The van der Waals surface area contributed by atoms with Crippen LogP contribution >= 0.6 is 11.3 Å². The van der Waals surface area contributed by atoms with Crippen molar-refractivity contribution >= 4 is 40.2 Å². The molecule has 0 bridgehead atoms. The Morgan fingerprint density at radius 1 is 1.24 bits per heavy atom. The van der Waals surface area contributed by atoms with Crippen molar-refractivity contribution in [3.05, 3.63) is 65.3 Å². The molecular weight excluding hydrogens is 436 g/mol. The lowest BCUT2D eigenvalue weighted by Gasteiger charge is -2.20. The lowest BCUT2D eigenvalue weighted by molar-refractivity contribution is -0.115. The summed E-state index contributed by atoms with van der Waals surface area (Å²) in [7, 11) is 1.68. The van der Waals surface area contributed by atoms with E-state index in [9.17, 15) is 9.59 Å². The number of amides is 2. The van der Waals surface area contributed by atoms with Gasteiger partial charge in [-0.15, -0.1) is 11.3 Å². The van der Waals surface area contributed by atoms with E-state index in [2.05, 4.69) is 20.6 Å². The van der Waals surface area contributed by atoms with Gasteiger partial charge in [-0.25, -0.2) is 4.98 Å². The zero-order valence-electron chi connectivity index (χ0n) is 19.1. The average molecular weight is 465 g/mol. The quantitative estimate of drug-likeness (QED) is 0.462. The minimum absolute atomic E-state index is 0.121. The fraction of sp³-hybridized carbons (Fsp3) is 0.250. The van der Waals surface area contributed by atoms with Crippen LogP contribution < -0.4 is 16.4 Å². The minimum atomic E-state index is -0.348. The van der Waals surface area contributed by atoms with E-state index in [0.717, 1.165) is 16.8 Å². The first-order chi connectivity index (χ1) is 15.7. The molecule has 0 aliphatic heterocycles. The molecule has 0 atom stereocenters. The number of anilines is 1. The van der Waals surface area contributed by atoms with E-state index in [4.69, 9.17) is 5.73 Å². The van der Waals surface area contributed by atoms with E-state index in [1.165, 1.54) is 11.3 Å². The number of hydrogen-bond acceptors (Lipinski definition) is 6. The van der Waals surface area contributed by atoms with E-state index >= 15 is 0 Å². The first-order valence-corrected chi connectivity index (χ1v) is 11.3. The molecule has 1 aromatic carbocycles. The molecule has 172 valence electrons. The van der Waals surface area contributed by atoms with Gasteiger partial charge in [-0.05, 0) is 44.5 Å². The number of carbonyl (C=O) groups excluding carboxylic acids is 2. The fourth-order valence-corrected chi connectivity index (χ4v) is 3.68. The van der Waals surface area contributed by atoms with Gasteiger partial charge in [-0.3, -0.25) is 14.6 Å². The molecule has 0 radical (unpaired) electrons. The Morgan fingerprint density at radius 3 is 2.73 bits per heavy atom. The summed E-state index contributed by atoms with van der Waals surface area (Å²) in [6, 6.07) is 9.40. The predicted molar refractivity (Wildman–Crippen MR) is 135 cm³/mol. The number of aliphatic imine (C=N–C) groups is 1. The highest BCUT2D eigenvalue weighted by molar-refractivity contribution is 7.14. The largest absolute Gasteiger partial charge is 0.398 e. The summed E-state index contributed by atoms with van der Waals surface area (Å²) in [5, 5.41) is 7.68. The third-order valence-corrected chi connectivity index (χ3v) is 5.54. The van der Waals surface area contributed by atoms with Gasteiger partial charge < -0.3 is 20.9 Å². The predicted octanol–water partition coefficient (Wildman–Crippen LogP) is 3.74. The second-order valence-corrected chi connectivity index (χ2v) is 9.22. The van der Waals surface area contributed by atoms with Gasteiger partial charge >= 0.3 is 0 Å². The van der Waals surface area contributed by atoms with Gasteiger partial charge in [0.25, 0.3) is 5.91 Å². The van der Waals surface area contributed by atoms with Gasteiger partial charge in [-0.2, -0.15) is 0 Å². The Hall–Kier alpha value is -3.72. The molecule has 3 rings (SSSR count). The average Bonchev–Trinajstić information content (AvgIpc) is 3.46. The van der Waals surface area contributed by atoms with Crippen LogP contribution in [0.4, 0.5) is 5.13 Å². The van der Waals surface area contributed by atoms with E-state index < -0.39 is 0 Å². The summed E-state index contributed by atoms with van der Waals surface area (Å²) in [6.45, 7) is 6.00. The normalized spacial score (nSPS) is 12.2. The Balaban J connectivity index is 1.59. The van der Waals surface area contributed by atoms with Crippen LogP contribution in [-0.2, 0) is 10.3 Å². The lowest BCUT2D eigenvalue weighted by Crippen LogP contribution is -2.32. The van der Waals surface area contributed by atoms with Crippen molar-refractivity contribution in [3.8, 4) is 11.3 Å². The number of rotatable bonds is 7. The number of nitrogens with one attached hydrogen (secondary N) is 2. The molecule has 3 aromatic rings. The van der Waals surface area contributed by atoms with Gasteiger partial charge in [0.05, 0.1) is 17.8 Å². The molecule has 0 fully saturated rings. The van der Waals surface area contributed by atoms with Crippen LogP contribution in [0.25, 0.3) is 17.0 Å². The van der Waals surface area contributed by atoms with Crippen molar-refractivity contribution in [1.82, 2.24) is 14.9 Å². The molecule has 0 saturated carbocycles. The van der Waals surface area contributed by atoms with Crippen LogP contribution in [0, 0.1) is 0 Å². The molecule has 33 heavy (non-hydrogen) atoms. The summed E-state index contributed by atoms with van der Waals surface area (Å²) in [6.07, 6.45) is 6.99. The van der Waals surface area contributed by atoms with Gasteiger partial charge in [0.2, 0.25) is 5.91 Å². The van der Waals surface area contributed by atoms with Crippen LogP contribution in [0.15, 0.2) is 59.2 Å². The zero-order chi connectivity index (χ0) is 24.0. The number of aromatic nitrogens is 2. The van der Waals surface area contributed by atoms with Crippen LogP contribution in [0.2, 0.25) is 0 Å². The molecule has 4 N–H and O–H groups in total. The molecule has 2 amide bonds. The van der Waals surface area contributed by atoms with Crippen molar-refractivity contribution in [2.45, 2.75) is 26.3 Å². The monoisotopic (exact) mass is 464 g/mol. The highest BCUT2D eigenvalue weighted by Crippen LogP contribution is 2.26. The van der Waals surface area contributed by atoms with Crippen molar-refractivity contribution in [3.63, 3.8) is 0 Å². The maximum absolute atomic E-state index is 12.3. The minimum Gasteiger partial charge on any atom is -0.398 e. The molecule has 8 nitrogen and oxygen atoms in total. The molecule has 0 spiro atoms. The van der Waals surface area contributed by atoms with Gasteiger partial charge in [0.15, 0.2) is 5.13 Å². The topological polar surface area (TPSA) is 114 Å². The van der Waals surface area contributed by atoms with Crippen LogP contribution in [0.5, 0.6) is 0 Å². The Bertz CT molecular complexity index is 1200. The van der Waals surface area contributed by atoms with Crippen LogP contribution in [-0.4, -0.2) is 41.2 Å². The molecule has 2 heterocycles. The van der Waals surface area contributed by atoms with Crippen LogP contribution in [0.1, 0.15) is 36.7 Å². The van der Waals surface area contributed by atoms with E-state index in [0.29, 0.717) is 16.4 Å². The molecule has 0 unspecified atom stereocenters. The molecule has 9 heteroatoms. The first kappa shape index (κ1) is 23.9. The van der Waals surface area contributed by atoms with Gasteiger partial charge in [-0.1, -0.05) is 18.2 Å². The van der Waals surface area contributed by atoms with Crippen molar-refractivity contribution in [2.24, 2.45) is 10.7 Å².